The number of nitrogens with two attached hydrogens (primary N) is 1. The molecular formula is C13H14N4O5S. The van der Waals surface area contributed by atoms with Gasteiger partial charge in [0.2, 0.25) is 0 Å². The van der Waals surface area contributed by atoms with Gasteiger partial charge < -0.3 is 10.3 Å². The first-order chi connectivity index (χ1) is 10.7. The lowest BCUT2D eigenvalue weighted by Gasteiger charge is -2.34. The van der Waals surface area contributed by atoms with Crippen LogP contribution in [0.5, 0.6) is 0 Å². The number of non-ortho nitro benzene ring substituents is 1. The summed E-state index contributed by atoms with van der Waals surface area (Å²) in [4.78, 5) is 14.3. The number of hydrogen-bond acceptors (Lipinski definition) is 8. The summed E-state index contributed by atoms with van der Waals surface area (Å²) in [6.45, 7) is 0. The van der Waals surface area contributed by atoms with Crippen LogP contribution >= 0.6 is 0 Å². The van der Waals surface area contributed by atoms with E-state index in [-0.39, 0.29) is 22.0 Å². The van der Waals surface area contributed by atoms with Crippen LogP contribution in [-0.4, -0.2) is 29.7 Å². The van der Waals surface area contributed by atoms with Crippen molar-refractivity contribution in [2.75, 3.05) is 6.26 Å². The fraction of sp³-hybridized carbons (Fsp3) is 0.385. The van der Waals surface area contributed by atoms with E-state index >= 15 is 0 Å². The highest BCUT2D eigenvalue weighted by atomic mass is 32.2. The van der Waals surface area contributed by atoms with E-state index < -0.39 is 20.3 Å². The van der Waals surface area contributed by atoms with E-state index in [1.165, 1.54) is 12.1 Å². The van der Waals surface area contributed by atoms with Crippen molar-refractivity contribution in [3.05, 3.63) is 34.1 Å². The molecule has 9 nitrogen and oxygen atoms in total. The first-order valence-corrected chi connectivity index (χ1v) is 8.71. The molecule has 0 radical (unpaired) electrons. The smallest absolute Gasteiger partial charge is 0.271 e. The van der Waals surface area contributed by atoms with Crippen molar-refractivity contribution in [3.63, 3.8) is 0 Å². The molecule has 23 heavy (non-hydrogen) atoms. The molecule has 1 aliphatic carbocycles. The van der Waals surface area contributed by atoms with Gasteiger partial charge in [-0.05, 0) is 25.3 Å². The first kappa shape index (κ1) is 15.6. The summed E-state index contributed by atoms with van der Waals surface area (Å²) in [5.41, 5.74) is 5.27. The topological polar surface area (TPSA) is 142 Å². The number of nitrogens with zero attached hydrogens (tertiary/aromatic N) is 3. The second-order valence-electron chi connectivity index (χ2n) is 5.68. The summed E-state index contributed by atoms with van der Waals surface area (Å²) in [7, 11) is -3.62. The molecule has 3 rings (SSSR count). The van der Waals surface area contributed by atoms with E-state index in [0.717, 1.165) is 31.6 Å². The van der Waals surface area contributed by atoms with E-state index in [4.69, 9.17) is 10.3 Å². The van der Waals surface area contributed by atoms with Crippen LogP contribution in [0.15, 0.2) is 27.6 Å². The van der Waals surface area contributed by atoms with Crippen LogP contribution in [0.2, 0.25) is 0 Å². The molecule has 0 spiro atoms. The first-order valence-electron chi connectivity index (χ1n) is 6.82. The maximum Gasteiger partial charge on any atom is 0.271 e. The van der Waals surface area contributed by atoms with Crippen molar-refractivity contribution in [1.82, 2.24) is 10.1 Å². The third-order valence-corrected chi connectivity index (χ3v) is 4.99. The maximum atomic E-state index is 11.7. The number of nitro benzene ring substituents is 1. The second kappa shape index (κ2) is 5.10. The van der Waals surface area contributed by atoms with Crippen molar-refractivity contribution >= 4 is 15.5 Å². The summed E-state index contributed by atoms with van der Waals surface area (Å²) in [5, 5.41) is 14.8. The highest BCUT2D eigenvalue weighted by molar-refractivity contribution is 7.90. The average Bonchev–Trinajstić information content (AvgIpc) is 2.93. The molecule has 2 N–H and O–H groups in total. The Morgan fingerprint density at radius 2 is 2.04 bits per heavy atom. The molecule has 0 aliphatic heterocycles. The van der Waals surface area contributed by atoms with Crippen LogP contribution in [0.1, 0.15) is 25.1 Å². The van der Waals surface area contributed by atoms with Gasteiger partial charge in [0, 0.05) is 24.0 Å². The van der Waals surface area contributed by atoms with Crippen molar-refractivity contribution in [2.24, 2.45) is 5.73 Å². The molecule has 2 aromatic rings. The summed E-state index contributed by atoms with van der Waals surface area (Å²) >= 11 is 0. The number of rotatable bonds is 4. The SMILES string of the molecule is CS(=O)(=O)c1cc(-c2nc(C3(N)CCC3)no2)cc([N+](=O)[O-])c1. The minimum Gasteiger partial charge on any atom is -0.334 e. The van der Waals surface area contributed by atoms with Gasteiger partial charge in [-0.3, -0.25) is 10.1 Å². The van der Waals surface area contributed by atoms with Crippen LogP contribution in [-0.2, 0) is 15.4 Å². The van der Waals surface area contributed by atoms with E-state index in [1.807, 2.05) is 0 Å². The molecular weight excluding hydrogens is 324 g/mol. The molecule has 10 heteroatoms. The third-order valence-electron chi connectivity index (χ3n) is 3.89. The quantitative estimate of drug-likeness (QED) is 0.650. The predicted octanol–water partition coefficient (Wildman–Crippen LogP) is 1.39. The monoisotopic (exact) mass is 338 g/mol. The molecule has 0 bridgehead atoms. The molecule has 1 aliphatic rings. The van der Waals surface area contributed by atoms with Gasteiger partial charge in [-0.15, -0.1) is 0 Å². The zero-order valence-corrected chi connectivity index (χ0v) is 13.0. The molecule has 1 aromatic carbocycles. The zero-order valence-electron chi connectivity index (χ0n) is 12.2. The lowest BCUT2D eigenvalue weighted by atomic mass is 9.77. The molecule has 0 saturated heterocycles. The van der Waals surface area contributed by atoms with Crippen LogP contribution < -0.4 is 5.73 Å². The summed E-state index contributed by atoms with van der Waals surface area (Å²) in [5.74, 6) is 0.330. The number of aromatic nitrogens is 2. The van der Waals surface area contributed by atoms with Gasteiger partial charge in [-0.25, -0.2) is 8.42 Å². The Labute approximate surface area is 131 Å². The summed E-state index contributed by atoms with van der Waals surface area (Å²) in [6, 6.07) is 3.45. The maximum absolute atomic E-state index is 11.7. The molecule has 0 unspecified atom stereocenters. The molecule has 1 aromatic heterocycles. The minimum atomic E-state index is -3.62. The molecule has 1 heterocycles. The molecule has 0 amide bonds. The zero-order chi connectivity index (χ0) is 16.8. The molecule has 122 valence electrons. The minimum absolute atomic E-state index is 0.00493. The van der Waals surface area contributed by atoms with Gasteiger partial charge in [0.1, 0.15) is 0 Å². The largest absolute Gasteiger partial charge is 0.334 e. The Morgan fingerprint density at radius 3 is 2.57 bits per heavy atom. The number of benzene rings is 1. The fourth-order valence-corrected chi connectivity index (χ4v) is 3.03. The number of nitro groups is 1. The lowest BCUT2D eigenvalue weighted by molar-refractivity contribution is -0.385. The van der Waals surface area contributed by atoms with Crippen LogP contribution in [0.3, 0.4) is 0 Å². The van der Waals surface area contributed by atoms with Gasteiger partial charge in [0.15, 0.2) is 15.7 Å². The van der Waals surface area contributed by atoms with Crippen molar-refractivity contribution < 1.29 is 17.9 Å². The van der Waals surface area contributed by atoms with Crippen LogP contribution in [0.25, 0.3) is 11.5 Å². The normalized spacial score (nSPS) is 16.8. The summed E-state index contributed by atoms with van der Waals surface area (Å²) in [6.07, 6.45) is 3.40. The number of hydrogen-bond donors (Lipinski definition) is 1. The van der Waals surface area contributed by atoms with E-state index in [9.17, 15) is 18.5 Å². The Bertz CT molecular complexity index is 886. The van der Waals surface area contributed by atoms with E-state index in [0.29, 0.717) is 5.82 Å². The highest BCUT2D eigenvalue weighted by Gasteiger charge is 2.39. The van der Waals surface area contributed by atoms with Crippen LogP contribution in [0, 0.1) is 10.1 Å². The highest BCUT2D eigenvalue weighted by Crippen LogP contribution is 2.38. The van der Waals surface area contributed by atoms with Gasteiger partial charge in [0.25, 0.3) is 11.6 Å². The average molecular weight is 338 g/mol. The molecule has 0 atom stereocenters. The van der Waals surface area contributed by atoms with Gasteiger partial charge >= 0.3 is 0 Å². The van der Waals surface area contributed by atoms with Crippen LogP contribution in [0.4, 0.5) is 5.69 Å². The number of sulfone groups is 1. The Balaban J connectivity index is 2.09. The van der Waals surface area contributed by atoms with Gasteiger partial charge in [-0.1, -0.05) is 5.16 Å². The molecule has 1 fully saturated rings. The van der Waals surface area contributed by atoms with E-state index in [1.54, 1.807) is 0 Å². The Kier molecular flexibility index (Phi) is 3.45. The lowest BCUT2D eigenvalue weighted by Crippen LogP contribution is -2.44. The van der Waals surface area contributed by atoms with Crippen molar-refractivity contribution in [3.8, 4) is 11.5 Å². The van der Waals surface area contributed by atoms with E-state index in [2.05, 4.69) is 10.1 Å². The fourth-order valence-electron chi connectivity index (χ4n) is 2.35. The second-order valence-corrected chi connectivity index (χ2v) is 7.69. The van der Waals surface area contributed by atoms with Crippen molar-refractivity contribution in [1.29, 1.82) is 0 Å². The predicted molar refractivity (Wildman–Crippen MR) is 79.2 cm³/mol. The molecule has 1 saturated carbocycles. The van der Waals surface area contributed by atoms with Gasteiger partial charge in [-0.2, -0.15) is 4.98 Å². The Morgan fingerprint density at radius 1 is 1.35 bits per heavy atom. The third kappa shape index (κ3) is 2.82. The summed E-state index contributed by atoms with van der Waals surface area (Å²) < 4.78 is 28.5. The van der Waals surface area contributed by atoms with Crippen molar-refractivity contribution in [2.45, 2.75) is 29.7 Å². The standard InChI is InChI=1S/C13H14N4O5S/c1-23(20,21)10-6-8(5-9(7-10)17(18)19)11-15-12(16-22-11)13(14)3-2-4-13/h5-7H,2-4,14H2,1H3. The van der Waals surface area contributed by atoms with Gasteiger partial charge in [0.05, 0.1) is 15.4 Å². The Hall–Kier alpha value is -2.33.